The van der Waals surface area contributed by atoms with Crippen LogP contribution < -0.4 is 4.90 Å². The Kier molecular flexibility index (Phi) is 1.93. The smallest absolute Gasteiger partial charge is 0.308 e. The second-order valence-corrected chi connectivity index (χ2v) is 4.53. The molecule has 2 aliphatic heterocycles. The van der Waals surface area contributed by atoms with E-state index in [4.69, 9.17) is 5.11 Å². The Hall–Kier alpha value is -1.58. The van der Waals surface area contributed by atoms with Crippen LogP contribution in [0.5, 0.6) is 0 Å². The number of rotatable bonds is 1. The van der Waals surface area contributed by atoms with Gasteiger partial charge in [-0.15, -0.1) is 0 Å². The highest BCUT2D eigenvalue weighted by atomic mass is 19.1. The van der Waals surface area contributed by atoms with E-state index in [0.717, 1.165) is 12.0 Å². The molecule has 3 rings (SSSR count). The first-order valence-corrected chi connectivity index (χ1v) is 5.43. The molecule has 0 aliphatic carbocycles. The molecule has 4 heteroatoms. The molecule has 0 spiro atoms. The van der Waals surface area contributed by atoms with Gasteiger partial charge in [-0.05, 0) is 24.5 Å². The van der Waals surface area contributed by atoms with E-state index in [9.17, 15) is 9.18 Å². The van der Waals surface area contributed by atoms with Gasteiger partial charge in [0.05, 0.1) is 11.6 Å². The average molecular weight is 221 g/mol. The minimum Gasteiger partial charge on any atom is -0.481 e. The van der Waals surface area contributed by atoms with E-state index in [0.29, 0.717) is 18.7 Å². The standard InChI is InChI=1S/C12H12FNO2/c13-10-3-1-2-7-4-9-5-8(12(15)16)6-14(9)11(7)10/h1-3,8-9H,4-6H2,(H,15,16). The van der Waals surface area contributed by atoms with Crippen LogP contribution in [0, 0.1) is 11.7 Å². The fourth-order valence-corrected chi connectivity index (χ4v) is 2.86. The van der Waals surface area contributed by atoms with Gasteiger partial charge < -0.3 is 10.0 Å². The van der Waals surface area contributed by atoms with Crippen LogP contribution in [0.1, 0.15) is 12.0 Å². The van der Waals surface area contributed by atoms with Gasteiger partial charge in [0.2, 0.25) is 0 Å². The first kappa shape index (κ1) is 9.63. The summed E-state index contributed by atoms with van der Waals surface area (Å²) in [4.78, 5) is 12.8. The number of aliphatic carboxylic acids is 1. The van der Waals surface area contributed by atoms with Crippen molar-refractivity contribution in [1.29, 1.82) is 0 Å². The van der Waals surface area contributed by atoms with Crippen LogP contribution in [0.2, 0.25) is 0 Å². The van der Waals surface area contributed by atoms with Crippen molar-refractivity contribution in [3.05, 3.63) is 29.6 Å². The summed E-state index contributed by atoms with van der Waals surface area (Å²) < 4.78 is 13.7. The lowest BCUT2D eigenvalue weighted by molar-refractivity contribution is -0.141. The van der Waals surface area contributed by atoms with Gasteiger partial charge in [-0.3, -0.25) is 4.79 Å². The quantitative estimate of drug-likeness (QED) is 0.784. The van der Waals surface area contributed by atoms with Gasteiger partial charge in [-0.1, -0.05) is 12.1 Å². The molecule has 3 nitrogen and oxygen atoms in total. The Labute approximate surface area is 92.5 Å². The average Bonchev–Trinajstić information content (AvgIpc) is 2.73. The Bertz CT molecular complexity index is 460. The summed E-state index contributed by atoms with van der Waals surface area (Å²) in [6.07, 6.45) is 1.40. The number of carboxylic acid groups (broad SMARTS) is 1. The van der Waals surface area contributed by atoms with Crippen LogP contribution in [-0.2, 0) is 11.2 Å². The van der Waals surface area contributed by atoms with Crippen molar-refractivity contribution in [2.45, 2.75) is 18.9 Å². The van der Waals surface area contributed by atoms with Crippen molar-refractivity contribution in [2.75, 3.05) is 11.4 Å². The summed E-state index contributed by atoms with van der Waals surface area (Å²) in [5.74, 6) is -1.35. The van der Waals surface area contributed by atoms with Crippen LogP contribution in [0.4, 0.5) is 10.1 Å². The van der Waals surface area contributed by atoms with E-state index in [1.165, 1.54) is 6.07 Å². The number of anilines is 1. The summed E-state index contributed by atoms with van der Waals surface area (Å²) in [6, 6.07) is 5.25. The summed E-state index contributed by atoms with van der Waals surface area (Å²) in [5, 5.41) is 8.97. The molecule has 2 atom stereocenters. The third-order valence-electron chi connectivity index (χ3n) is 3.58. The van der Waals surface area contributed by atoms with E-state index in [1.807, 2.05) is 11.0 Å². The van der Waals surface area contributed by atoms with Crippen LogP contribution in [0.3, 0.4) is 0 Å². The molecule has 2 unspecified atom stereocenters. The molecule has 0 bridgehead atoms. The molecule has 0 aromatic heterocycles. The zero-order valence-corrected chi connectivity index (χ0v) is 8.69. The second-order valence-electron chi connectivity index (χ2n) is 4.53. The maximum Gasteiger partial charge on any atom is 0.308 e. The molecule has 2 aliphatic rings. The first-order valence-electron chi connectivity index (χ1n) is 5.43. The lowest BCUT2D eigenvalue weighted by Gasteiger charge is -2.18. The van der Waals surface area contributed by atoms with Crippen molar-refractivity contribution in [3.8, 4) is 0 Å². The van der Waals surface area contributed by atoms with Crippen LogP contribution >= 0.6 is 0 Å². The maximum atomic E-state index is 13.7. The molecule has 1 fully saturated rings. The van der Waals surface area contributed by atoms with Crippen molar-refractivity contribution in [1.82, 2.24) is 0 Å². The van der Waals surface area contributed by atoms with Crippen molar-refractivity contribution >= 4 is 11.7 Å². The van der Waals surface area contributed by atoms with Gasteiger partial charge in [0.1, 0.15) is 5.82 Å². The molecule has 84 valence electrons. The minimum absolute atomic E-state index is 0.174. The molecule has 2 heterocycles. The van der Waals surface area contributed by atoms with E-state index in [2.05, 4.69) is 0 Å². The Morgan fingerprint density at radius 3 is 3.06 bits per heavy atom. The van der Waals surface area contributed by atoms with Crippen LogP contribution in [0.15, 0.2) is 18.2 Å². The summed E-state index contributed by atoms with van der Waals surface area (Å²) in [6.45, 7) is 0.438. The molecule has 16 heavy (non-hydrogen) atoms. The van der Waals surface area contributed by atoms with Gasteiger partial charge >= 0.3 is 5.97 Å². The Morgan fingerprint density at radius 1 is 1.50 bits per heavy atom. The largest absolute Gasteiger partial charge is 0.481 e. The minimum atomic E-state index is -0.771. The molecule has 0 amide bonds. The molecule has 1 aromatic rings. The second kappa shape index (κ2) is 3.20. The van der Waals surface area contributed by atoms with Crippen LogP contribution in [-0.4, -0.2) is 23.7 Å². The van der Waals surface area contributed by atoms with E-state index in [-0.39, 0.29) is 17.8 Å². The number of nitrogens with zero attached hydrogens (tertiary/aromatic N) is 1. The topological polar surface area (TPSA) is 40.5 Å². The summed E-state index contributed by atoms with van der Waals surface area (Å²) in [5.41, 5.74) is 1.63. The Morgan fingerprint density at radius 2 is 2.31 bits per heavy atom. The molecular weight excluding hydrogens is 209 g/mol. The van der Waals surface area contributed by atoms with Gasteiger partial charge in [0.25, 0.3) is 0 Å². The predicted octanol–water partition coefficient (Wildman–Crippen LogP) is 1.66. The van der Waals surface area contributed by atoms with Gasteiger partial charge in [-0.2, -0.15) is 0 Å². The highest BCUT2D eigenvalue weighted by molar-refractivity contribution is 5.74. The molecule has 0 radical (unpaired) electrons. The summed E-state index contributed by atoms with van der Waals surface area (Å²) >= 11 is 0. The SMILES string of the molecule is O=C(O)C1CC2Cc3cccc(F)c3N2C1. The lowest BCUT2D eigenvalue weighted by Crippen LogP contribution is -2.26. The third-order valence-corrected chi connectivity index (χ3v) is 3.58. The van der Waals surface area contributed by atoms with E-state index in [1.54, 1.807) is 6.07 Å². The number of benzene rings is 1. The fraction of sp³-hybridized carbons (Fsp3) is 0.417. The Balaban J connectivity index is 1.96. The highest BCUT2D eigenvalue weighted by Gasteiger charge is 2.42. The number of hydrogen-bond acceptors (Lipinski definition) is 2. The van der Waals surface area contributed by atoms with Gasteiger partial charge in [0, 0.05) is 12.6 Å². The summed E-state index contributed by atoms with van der Waals surface area (Å²) in [7, 11) is 0. The van der Waals surface area contributed by atoms with E-state index >= 15 is 0 Å². The molecule has 1 N–H and O–H groups in total. The van der Waals surface area contributed by atoms with Crippen LogP contribution in [0.25, 0.3) is 0 Å². The number of carbonyl (C=O) groups is 1. The van der Waals surface area contributed by atoms with Crippen molar-refractivity contribution in [2.24, 2.45) is 5.92 Å². The molecule has 1 saturated heterocycles. The van der Waals surface area contributed by atoms with Gasteiger partial charge in [-0.25, -0.2) is 4.39 Å². The van der Waals surface area contributed by atoms with Gasteiger partial charge in [0.15, 0.2) is 0 Å². The monoisotopic (exact) mass is 221 g/mol. The highest BCUT2D eigenvalue weighted by Crippen LogP contribution is 2.41. The molecule has 1 aromatic carbocycles. The predicted molar refractivity (Wildman–Crippen MR) is 57.0 cm³/mol. The number of para-hydroxylation sites is 1. The van der Waals surface area contributed by atoms with E-state index < -0.39 is 5.97 Å². The number of fused-ring (bicyclic) bond motifs is 3. The zero-order valence-electron chi connectivity index (χ0n) is 8.69. The zero-order chi connectivity index (χ0) is 11.3. The van der Waals surface area contributed by atoms with Crippen molar-refractivity contribution < 1.29 is 14.3 Å². The first-order chi connectivity index (χ1) is 7.66. The molecular formula is C12H12FNO2. The number of halogens is 1. The fourth-order valence-electron chi connectivity index (χ4n) is 2.86. The lowest BCUT2D eigenvalue weighted by atomic mass is 10.0. The maximum absolute atomic E-state index is 13.7. The molecule has 0 saturated carbocycles. The third kappa shape index (κ3) is 1.22. The van der Waals surface area contributed by atoms with Crippen molar-refractivity contribution in [3.63, 3.8) is 0 Å². The number of carboxylic acids is 1. The normalized spacial score (nSPS) is 26.7. The number of hydrogen-bond donors (Lipinski definition) is 1.